The molecule has 1 aromatic rings. The summed E-state index contributed by atoms with van der Waals surface area (Å²) in [6.07, 6.45) is 2.22. The average molecular weight is 244 g/mol. The normalized spacial score (nSPS) is 21.8. The van der Waals surface area contributed by atoms with Crippen LogP contribution in [0.5, 0.6) is 0 Å². The van der Waals surface area contributed by atoms with Gasteiger partial charge in [-0.3, -0.25) is 5.10 Å². The maximum absolute atomic E-state index is 12.2. The van der Waals surface area contributed by atoms with Gasteiger partial charge in [0, 0.05) is 19.6 Å². The average Bonchev–Trinajstić information content (AvgIpc) is 2.86. The monoisotopic (exact) mass is 244 g/mol. The van der Waals surface area contributed by atoms with Crippen LogP contribution in [0.3, 0.4) is 0 Å². The fourth-order valence-electron chi connectivity index (χ4n) is 1.90. The van der Waals surface area contributed by atoms with Gasteiger partial charge in [-0.25, -0.2) is 8.42 Å². The molecule has 2 rings (SSSR count). The molecule has 1 aliphatic rings. The van der Waals surface area contributed by atoms with Crippen LogP contribution in [0.25, 0.3) is 0 Å². The predicted octanol–water partition coefficient (Wildman–Crippen LogP) is -0.299. The van der Waals surface area contributed by atoms with E-state index >= 15 is 0 Å². The molecule has 1 aliphatic heterocycles. The van der Waals surface area contributed by atoms with Gasteiger partial charge in [-0.1, -0.05) is 0 Å². The van der Waals surface area contributed by atoms with Gasteiger partial charge >= 0.3 is 0 Å². The van der Waals surface area contributed by atoms with E-state index in [9.17, 15) is 8.42 Å². The molecule has 1 fully saturated rings. The van der Waals surface area contributed by atoms with E-state index in [4.69, 9.17) is 0 Å². The van der Waals surface area contributed by atoms with E-state index < -0.39 is 10.0 Å². The second kappa shape index (κ2) is 4.15. The number of H-pyrrole nitrogens is 1. The number of nitrogens with zero attached hydrogens (tertiary/aromatic N) is 2. The van der Waals surface area contributed by atoms with Gasteiger partial charge in [0.1, 0.15) is 4.90 Å². The number of hydrogen-bond donors (Lipinski definition) is 2. The van der Waals surface area contributed by atoms with Crippen molar-refractivity contribution < 1.29 is 8.42 Å². The molecule has 7 heteroatoms. The molecule has 1 aromatic heterocycles. The Morgan fingerprint density at radius 3 is 2.81 bits per heavy atom. The Morgan fingerprint density at radius 1 is 1.56 bits per heavy atom. The van der Waals surface area contributed by atoms with E-state index in [1.54, 1.807) is 14.0 Å². The first kappa shape index (κ1) is 11.6. The van der Waals surface area contributed by atoms with Crippen molar-refractivity contribution in [2.24, 2.45) is 0 Å². The molecule has 16 heavy (non-hydrogen) atoms. The van der Waals surface area contributed by atoms with Crippen LogP contribution in [0.15, 0.2) is 11.1 Å². The summed E-state index contributed by atoms with van der Waals surface area (Å²) in [6.45, 7) is 3.29. The quantitative estimate of drug-likeness (QED) is 0.765. The fraction of sp³-hybridized carbons (Fsp3) is 0.667. The van der Waals surface area contributed by atoms with Gasteiger partial charge in [0.15, 0.2) is 0 Å². The van der Waals surface area contributed by atoms with Gasteiger partial charge in [0.05, 0.1) is 11.9 Å². The highest BCUT2D eigenvalue weighted by Gasteiger charge is 2.31. The number of rotatable bonds is 3. The molecule has 0 saturated carbocycles. The van der Waals surface area contributed by atoms with Gasteiger partial charge in [0.2, 0.25) is 10.0 Å². The Balaban J connectivity index is 2.28. The Labute approximate surface area is 95.1 Å². The summed E-state index contributed by atoms with van der Waals surface area (Å²) in [5.74, 6) is 0. The summed E-state index contributed by atoms with van der Waals surface area (Å²) < 4.78 is 25.9. The zero-order chi connectivity index (χ0) is 11.8. The topological polar surface area (TPSA) is 78.1 Å². The maximum atomic E-state index is 12.2. The number of hydrogen-bond acceptors (Lipinski definition) is 4. The minimum Gasteiger partial charge on any atom is -0.315 e. The molecule has 0 radical (unpaired) electrons. The lowest BCUT2D eigenvalue weighted by molar-refractivity contribution is 0.387. The molecule has 2 heterocycles. The van der Waals surface area contributed by atoms with Gasteiger partial charge in [-0.15, -0.1) is 0 Å². The van der Waals surface area contributed by atoms with Gasteiger partial charge < -0.3 is 5.32 Å². The molecule has 1 unspecified atom stereocenters. The number of aromatic nitrogens is 2. The molecule has 1 saturated heterocycles. The van der Waals surface area contributed by atoms with E-state index in [0.717, 1.165) is 13.0 Å². The van der Waals surface area contributed by atoms with Crippen molar-refractivity contribution in [1.29, 1.82) is 0 Å². The van der Waals surface area contributed by atoms with Crippen molar-refractivity contribution in [1.82, 2.24) is 19.8 Å². The highest BCUT2D eigenvalue weighted by molar-refractivity contribution is 7.89. The first-order valence-corrected chi connectivity index (χ1v) is 6.66. The summed E-state index contributed by atoms with van der Waals surface area (Å²) in [5, 5.41) is 9.55. The summed E-state index contributed by atoms with van der Waals surface area (Å²) in [5.41, 5.74) is 0.581. The SMILES string of the molecule is Cc1[nH]ncc1S(=O)(=O)N(C)C1CCNC1. The summed E-state index contributed by atoms with van der Waals surface area (Å²) in [6, 6.07) is 0.0410. The summed E-state index contributed by atoms with van der Waals surface area (Å²) in [7, 11) is -1.79. The zero-order valence-corrected chi connectivity index (χ0v) is 10.2. The lowest BCUT2D eigenvalue weighted by atomic mass is 10.3. The van der Waals surface area contributed by atoms with Crippen molar-refractivity contribution in [3.05, 3.63) is 11.9 Å². The molecule has 0 amide bonds. The fourth-order valence-corrected chi connectivity index (χ4v) is 3.40. The molecule has 2 N–H and O–H groups in total. The van der Waals surface area contributed by atoms with Crippen LogP contribution < -0.4 is 5.32 Å². The standard InChI is InChI=1S/C9H16N4O2S/c1-7-9(6-11-12-7)16(14,15)13(2)8-3-4-10-5-8/h6,8,10H,3-5H2,1-2H3,(H,11,12). The van der Waals surface area contributed by atoms with Crippen LogP contribution >= 0.6 is 0 Å². The van der Waals surface area contributed by atoms with E-state index in [-0.39, 0.29) is 10.9 Å². The van der Waals surface area contributed by atoms with Gasteiger partial charge in [-0.2, -0.15) is 9.40 Å². The van der Waals surface area contributed by atoms with E-state index in [1.807, 2.05) is 0 Å². The molecule has 0 bridgehead atoms. The molecule has 90 valence electrons. The zero-order valence-electron chi connectivity index (χ0n) is 9.40. The van der Waals surface area contributed by atoms with Crippen LogP contribution in [-0.2, 0) is 10.0 Å². The smallest absolute Gasteiger partial charge is 0.246 e. The van der Waals surface area contributed by atoms with Crippen LogP contribution in [0.1, 0.15) is 12.1 Å². The minimum absolute atomic E-state index is 0.0410. The Morgan fingerprint density at radius 2 is 2.31 bits per heavy atom. The molecule has 0 spiro atoms. The molecular weight excluding hydrogens is 228 g/mol. The molecule has 0 aliphatic carbocycles. The van der Waals surface area contributed by atoms with Crippen LogP contribution in [0, 0.1) is 6.92 Å². The first-order chi connectivity index (χ1) is 7.53. The lowest BCUT2D eigenvalue weighted by Crippen LogP contribution is -2.38. The van der Waals surface area contributed by atoms with Crippen molar-refractivity contribution >= 4 is 10.0 Å². The van der Waals surface area contributed by atoms with E-state index in [1.165, 1.54) is 10.5 Å². The Kier molecular flexibility index (Phi) is 3.00. The Hall–Kier alpha value is -0.920. The molecule has 6 nitrogen and oxygen atoms in total. The third-order valence-corrected chi connectivity index (χ3v) is 5.01. The summed E-state index contributed by atoms with van der Waals surface area (Å²) >= 11 is 0. The minimum atomic E-state index is -3.41. The van der Waals surface area contributed by atoms with Crippen molar-refractivity contribution in [3.63, 3.8) is 0 Å². The Bertz CT molecular complexity index is 462. The molecule has 1 atom stereocenters. The van der Waals surface area contributed by atoms with Crippen LogP contribution in [-0.4, -0.2) is 49.1 Å². The highest BCUT2D eigenvalue weighted by atomic mass is 32.2. The van der Waals surface area contributed by atoms with Gasteiger partial charge in [0.25, 0.3) is 0 Å². The number of nitrogens with one attached hydrogen (secondary N) is 2. The number of aryl methyl sites for hydroxylation is 1. The van der Waals surface area contributed by atoms with Crippen molar-refractivity contribution in [3.8, 4) is 0 Å². The van der Waals surface area contributed by atoms with Crippen LogP contribution in [0.2, 0.25) is 0 Å². The summed E-state index contributed by atoms with van der Waals surface area (Å²) in [4.78, 5) is 0.266. The third kappa shape index (κ3) is 1.85. The van der Waals surface area contributed by atoms with E-state index in [0.29, 0.717) is 12.2 Å². The van der Waals surface area contributed by atoms with Gasteiger partial charge in [-0.05, 0) is 19.9 Å². The van der Waals surface area contributed by atoms with E-state index in [2.05, 4.69) is 15.5 Å². The second-order valence-corrected chi connectivity index (χ2v) is 5.99. The molecule has 0 aromatic carbocycles. The largest absolute Gasteiger partial charge is 0.315 e. The molecular formula is C9H16N4O2S. The van der Waals surface area contributed by atoms with Crippen molar-refractivity contribution in [2.75, 3.05) is 20.1 Å². The number of aromatic amines is 1. The first-order valence-electron chi connectivity index (χ1n) is 5.22. The predicted molar refractivity (Wildman–Crippen MR) is 59.5 cm³/mol. The lowest BCUT2D eigenvalue weighted by Gasteiger charge is -2.22. The number of sulfonamides is 1. The second-order valence-electron chi connectivity index (χ2n) is 4.03. The highest BCUT2D eigenvalue weighted by Crippen LogP contribution is 2.20. The number of likely N-dealkylation sites (N-methyl/N-ethyl adjacent to an activating group) is 1. The van der Waals surface area contributed by atoms with Crippen LogP contribution in [0.4, 0.5) is 0 Å². The maximum Gasteiger partial charge on any atom is 0.246 e. The van der Waals surface area contributed by atoms with Crippen molar-refractivity contribution in [2.45, 2.75) is 24.3 Å². The third-order valence-electron chi connectivity index (χ3n) is 2.99.